The fraction of sp³-hybridized carbons (Fsp3) is 0.800. The van der Waals surface area contributed by atoms with Crippen LogP contribution >= 0.6 is 0 Å². The van der Waals surface area contributed by atoms with Crippen molar-refractivity contribution in [2.24, 2.45) is 0 Å². The van der Waals surface area contributed by atoms with Crippen molar-refractivity contribution in [3.8, 4) is 0 Å². The molecule has 1 aliphatic rings. The molecule has 13 heavy (non-hydrogen) atoms. The molecule has 1 saturated heterocycles. The second-order valence-electron chi connectivity index (χ2n) is 3.18. The Morgan fingerprint density at radius 3 is 2.77 bits per heavy atom. The Balaban J connectivity index is 1.89. The van der Waals surface area contributed by atoms with Crippen molar-refractivity contribution in [2.45, 2.75) is 18.9 Å². The molecule has 0 amide bonds. The average molecular weight is 185 g/mol. The third-order valence-corrected chi connectivity index (χ3v) is 2.10. The van der Waals surface area contributed by atoms with Crippen LogP contribution in [0.15, 0.2) is 12.7 Å². The molecule has 1 aliphatic heterocycles. The van der Waals surface area contributed by atoms with Gasteiger partial charge in [0, 0.05) is 0 Å². The van der Waals surface area contributed by atoms with Gasteiger partial charge in [-0.2, -0.15) is 0 Å². The fourth-order valence-corrected chi connectivity index (χ4v) is 1.40. The molecular weight excluding hydrogens is 166 g/mol. The minimum absolute atomic E-state index is 0.439. The van der Waals surface area contributed by atoms with Gasteiger partial charge in [0.15, 0.2) is 0 Å². The van der Waals surface area contributed by atoms with Crippen molar-refractivity contribution >= 4 is 0 Å². The Bertz CT molecular complexity index is 133. The van der Waals surface area contributed by atoms with Crippen molar-refractivity contribution in [1.82, 2.24) is 5.32 Å². The molecule has 0 aromatic carbocycles. The highest BCUT2D eigenvalue weighted by molar-refractivity contribution is 4.68. The SMILES string of the molecule is C=CCOCCOC1CCNCC1. The first-order valence-electron chi connectivity index (χ1n) is 4.94. The zero-order valence-corrected chi connectivity index (χ0v) is 8.13. The topological polar surface area (TPSA) is 30.5 Å². The van der Waals surface area contributed by atoms with Crippen LogP contribution in [0.5, 0.6) is 0 Å². The van der Waals surface area contributed by atoms with Crippen LogP contribution in [0.2, 0.25) is 0 Å². The van der Waals surface area contributed by atoms with E-state index in [9.17, 15) is 0 Å². The van der Waals surface area contributed by atoms with Crippen LogP contribution in [0.4, 0.5) is 0 Å². The van der Waals surface area contributed by atoms with Crippen LogP contribution in [-0.4, -0.2) is 39.0 Å². The highest BCUT2D eigenvalue weighted by Crippen LogP contribution is 2.06. The first kappa shape index (κ1) is 10.7. The Kier molecular flexibility index (Phi) is 5.81. The summed E-state index contributed by atoms with van der Waals surface area (Å²) in [5.41, 5.74) is 0. The van der Waals surface area contributed by atoms with Gasteiger partial charge in [-0.25, -0.2) is 0 Å². The maximum atomic E-state index is 5.63. The van der Waals surface area contributed by atoms with Crippen LogP contribution in [0.3, 0.4) is 0 Å². The third-order valence-electron chi connectivity index (χ3n) is 2.10. The lowest BCUT2D eigenvalue weighted by atomic mass is 10.1. The molecular formula is C10H19NO2. The van der Waals surface area contributed by atoms with Gasteiger partial charge in [-0.05, 0) is 25.9 Å². The molecule has 0 aliphatic carbocycles. The van der Waals surface area contributed by atoms with Gasteiger partial charge in [-0.3, -0.25) is 0 Å². The van der Waals surface area contributed by atoms with E-state index in [1.165, 1.54) is 0 Å². The lowest BCUT2D eigenvalue weighted by Crippen LogP contribution is -2.33. The molecule has 1 N–H and O–H groups in total. The summed E-state index contributed by atoms with van der Waals surface area (Å²) in [7, 11) is 0. The van der Waals surface area contributed by atoms with Crippen LogP contribution in [0.25, 0.3) is 0 Å². The molecule has 0 atom stereocenters. The molecule has 3 heteroatoms. The predicted molar refractivity (Wildman–Crippen MR) is 52.9 cm³/mol. The molecule has 0 aromatic rings. The number of piperidine rings is 1. The lowest BCUT2D eigenvalue weighted by molar-refractivity contribution is -0.00230. The van der Waals surface area contributed by atoms with Gasteiger partial charge in [-0.15, -0.1) is 6.58 Å². The van der Waals surface area contributed by atoms with Gasteiger partial charge in [-0.1, -0.05) is 6.08 Å². The van der Waals surface area contributed by atoms with Gasteiger partial charge in [0.25, 0.3) is 0 Å². The van der Waals surface area contributed by atoms with Crippen molar-refractivity contribution in [3.63, 3.8) is 0 Å². The van der Waals surface area contributed by atoms with Crippen LogP contribution in [0, 0.1) is 0 Å². The number of ether oxygens (including phenoxy) is 2. The van der Waals surface area contributed by atoms with Crippen LogP contribution < -0.4 is 5.32 Å². The Morgan fingerprint density at radius 1 is 1.31 bits per heavy atom. The van der Waals surface area contributed by atoms with E-state index < -0.39 is 0 Å². The van der Waals surface area contributed by atoms with Crippen LogP contribution in [0.1, 0.15) is 12.8 Å². The molecule has 0 spiro atoms. The van der Waals surface area contributed by atoms with Gasteiger partial charge in [0.1, 0.15) is 0 Å². The summed E-state index contributed by atoms with van der Waals surface area (Å²) >= 11 is 0. The predicted octanol–water partition coefficient (Wildman–Crippen LogP) is 0.958. The van der Waals surface area contributed by atoms with E-state index in [0.717, 1.165) is 25.9 Å². The summed E-state index contributed by atoms with van der Waals surface area (Å²) < 4.78 is 10.8. The van der Waals surface area contributed by atoms with Crippen LogP contribution in [-0.2, 0) is 9.47 Å². The summed E-state index contributed by atoms with van der Waals surface area (Å²) in [5.74, 6) is 0. The highest BCUT2D eigenvalue weighted by Gasteiger charge is 2.12. The summed E-state index contributed by atoms with van der Waals surface area (Å²) in [6.07, 6.45) is 4.45. The molecule has 0 unspecified atom stereocenters. The number of hydrogen-bond acceptors (Lipinski definition) is 3. The Morgan fingerprint density at radius 2 is 2.08 bits per heavy atom. The van der Waals surface area contributed by atoms with Gasteiger partial charge < -0.3 is 14.8 Å². The normalized spacial score (nSPS) is 18.8. The molecule has 0 saturated carbocycles. The smallest absolute Gasteiger partial charge is 0.0704 e. The van der Waals surface area contributed by atoms with E-state index in [0.29, 0.717) is 25.9 Å². The van der Waals surface area contributed by atoms with Crippen molar-refractivity contribution < 1.29 is 9.47 Å². The van der Waals surface area contributed by atoms with E-state index in [2.05, 4.69) is 11.9 Å². The molecule has 0 bridgehead atoms. The monoisotopic (exact) mass is 185 g/mol. The number of rotatable bonds is 6. The first-order chi connectivity index (χ1) is 6.43. The zero-order valence-electron chi connectivity index (χ0n) is 8.13. The first-order valence-corrected chi connectivity index (χ1v) is 4.94. The Hall–Kier alpha value is -0.380. The molecule has 0 aromatic heterocycles. The molecule has 1 fully saturated rings. The van der Waals surface area contributed by atoms with E-state index >= 15 is 0 Å². The second-order valence-corrected chi connectivity index (χ2v) is 3.18. The molecule has 76 valence electrons. The minimum atomic E-state index is 0.439. The average Bonchev–Trinajstić information content (AvgIpc) is 2.19. The number of hydrogen-bond donors (Lipinski definition) is 1. The van der Waals surface area contributed by atoms with Gasteiger partial charge in [0.2, 0.25) is 0 Å². The summed E-state index contributed by atoms with van der Waals surface area (Å²) in [6, 6.07) is 0. The summed E-state index contributed by atoms with van der Waals surface area (Å²) in [5, 5.41) is 3.30. The zero-order chi connectivity index (χ0) is 9.36. The summed E-state index contributed by atoms with van der Waals surface area (Å²) in [6.45, 7) is 7.74. The largest absolute Gasteiger partial charge is 0.376 e. The fourth-order valence-electron chi connectivity index (χ4n) is 1.40. The molecule has 0 radical (unpaired) electrons. The highest BCUT2D eigenvalue weighted by atomic mass is 16.5. The number of nitrogens with one attached hydrogen (secondary N) is 1. The van der Waals surface area contributed by atoms with Gasteiger partial charge >= 0.3 is 0 Å². The van der Waals surface area contributed by atoms with E-state index in [4.69, 9.17) is 9.47 Å². The second kappa shape index (κ2) is 7.06. The van der Waals surface area contributed by atoms with E-state index in [1.807, 2.05) is 0 Å². The Labute approximate surface area is 80.1 Å². The van der Waals surface area contributed by atoms with Crippen molar-refractivity contribution in [3.05, 3.63) is 12.7 Å². The molecule has 1 heterocycles. The molecule has 1 rings (SSSR count). The summed E-state index contributed by atoms with van der Waals surface area (Å²) in [4.78, 5) is 0. The standard InChI is InChI=1S/C10H19NO2/c1-2-7-12-8-9-13-10-3-5-11-6-4-10/h2,10-11H,1,3-9H2. The lowest BCUT2D eigenvalue weighted by Gasteiger charge is -2.22. The van der Waals surface area contributed by atoms with Crippen molar-refractivity contribution in [2.75, 3.05) is 32.9 Å². The third kappa shape index (κ3) is 5.03. The van der Waals surface area contributed by atoms with E-state index in [-0.39, 0.29) is 0 Å². The maximum Gasteiger partial charge on any atom is 0.0704 e. The quantitative estimate of drug-likeness (QED) is 0.494. The van der Waals surface area contributed by atoms with E-state index in [1.54, 1.807) is 6.08 Å². The van der Waals surface area contributed by atoms with Crippen molar-refractivity contribution in [1.29, 1.82) is 0 Å². The maximum absolute atomic E-state index is 5.63. The minimum Gasteiger partial charge on any atom is -0.376 e. The molecule has 3 nitrogen and oxygen atoms in total. The van der Waals surface area contributed by atoms with Gasteiger partial charge in [0.05, 0.1) is 25.9 Å².